The summed E-state index contributed by atoms with van der Waals surface area (Å²) in [6.45, 7) is 7.83. The van der Waals surface area contributed by atoms with Gasteiger partial charge in [-0.2, -0.15) is 0 Å². The second-order valence-corrected chi connectivity index (χ2v) is 4.93. The highest BCUT2D eigenvalue weighted by atomic mass is 14.7. The van der Waals surface area contributed by atoms with Crippen molar-refractivity contribution in [3.63, 3.8) is 0 Å². The molecule has 0 radical (unpaired) electrons. The first-order valence-corrected chi connectivity index (χ1v) is 4.82. The summed E-state index contributed by atoms with van der Waals surface area (Å²) in [6, 6.07) is 0. The van der Waals surface area contributed by atoms with Crippen molar-refractivity contribution in [3.05, 3.63) is 11.1 Å². The number of nitrogens with zero attached hydrogens (tertiary/aromatic N) is 1. The molecule has 0 saturated heterocycles. The number of hydrogen-bond donors (Lipinski definition) is 0. The monoisotopic (exact) mass is 163 g/mol. The van der Waals surface area contributed by atoms with Gasteiger partial charge in [0.25, 0.3) is 0 Å². The molecule has 1 nitrogen and oxygen atoms in total. The zero-order chi connectivity index (χ0) is 8.77. The second-order valence-electron chi connectivity index (χ2n) is 4.93. The van der Waals surface area contributed by atoms with Crippen LogP contribution in [0.2, 0.25) is 0 Å². The van der Waals surface area contributed by atoms with E-state index in [-0.39, 0.29) is 0 Å². The van der Waals surface area contributed by atoms with E-state index in [0.717, 1.165) is 12.5 Å². The number of allylic oxidation sites excluding steroid dienone is 1. The quantitative estimate of drug-likeness (QED) is 0.563. The molecule has 66 valence electrons. The zero-order valence-electron chi connectivity index (χ0n) is 8.22. The summed E-state index contributed by atoms with van der Waals surface area (Å²) in [5.74, 6) is 0.866. The topological polar surface area (TPSA) is 12.4 Å². The van der Waals surface area contributed by atoms with E-state index in [1.165, 1.54) is 12.8 Å². The first-order valence-electron chi connectivity index (χ1n) is 4.82. The molecule has 2 rings (SSSR count). The normalized spacial score (nSPS) is 23.9. The van der Waals surface area contributed by atoms with Gasteiger partial charge in [0.1, 0.15) is 0 Å². The van der Waals surface area contributed by atoms with E-state index < -0.39 is 0 Å². The van der Waals surface area contributed by atoms with Crippen LogP contribution in [0.25, 0.3) is 0 Å². The van der Waals surface area contributed by atoms with Crippen molar-refractivity contribution in [2.75, 3.05) is 6.54 Å². The SMILES string of the molecule is CC(C)(C)C1=C(C2CC2)C=NC1. The molecule has 0 unspecified atom stereocenters. The van der Waals surface area contributed by atoms with Crippen molar-refractivity contribution >= 4 is 6.21 Å². The fourth-order valence-electron chi connectivity index (χ4n) is 1.82. The van der Waals surface area contributed by atoms with Crippen LogP contribution >= 0.6 is 0 Å². The van der Waals surface area contributed by atoms with Crippen molar-refractivity contribution in [3.8, 4) is 0 Å². The molecule has 1 aliphatic carbocycles. The van der Waals surface area contributed by atoms with Crippen molar-refractivity contribution in [2.45, 2.75) is 33.6 Å². The Hall–Kier alpha value is -0.590. The van der Waals surface area contributed by atoms with E-state index in [1.807, 2.05) is 0 Å². The van der Waals surface area contributed by atoms with Crippen LogP contribution in [0.1, 0.15) is 33.6 Å². The summed E-state index contributed by atoms with van der Waals surface area (Å²) in [6.07, 6.45) is 4.89. The Morgan fingerprint density at radius 3 is 2.50 bits per heavy atom. The summed E-state index contributed by atoms with van der Waals surface area (Å²) in [5, 5.41) is 0. The van der Waals surface area contributed by atoms with Gasteiger partial charge in [-0.15, -0.1) is 0 Å². The Bertz CT molecular complexity index is 249. The second kappa shape index (κ2) is 2.45. The molecule has 0 bridgehead atoms. The van der Waals surface area contributed by atoms with Crippen LogP contribution in [0.15, 0.2) is 16.1 Å². The van der Waals surface area contributed by atoms with Gasteiger partial charge in [-0.25, -0.2) is 0 Å². The third-order valence-corrected chi connectivity index (χ3v) is 2.75. The van der Waals surface area contributed by atoms with Crippen LogP contribution in [0, 0.1) is 11.3 Å². The molecule has 0 N–H and O–H groups in total. The summed E-state index contributed by atoms with van der Waals surface area (Å²) >= 11 is 0. The Balaban J connectivity index is 2.28. The van der Waals surface area contributed by atoms with Gasteiger partial charge in [0.05, 0.1) is 6.54 Å². The van der Waals surface area contributed by atoms with Crippen LogP contribution < -0.4 is 0 Å². The lowest BCUT2D eigenvalue weighted by molar-refractivity contribution is 0.493. The van der Waals surface area contributed by atoms with Gasteiger partial charge in [0.2, 0.25) is 0 Å². The lowest BCUT2D eigenvalue weighted by Gasteiger charge is -2.21. The van der Waals surface area contributed by atoms with Crippen molar-refractivity contribution < 1.29 is 0 Å². The Morgan fingerprint density at radius 2 is 2.00 bits per heavy atom. The predicted molar refractivity (Wildman–Crippen MR) is 52.6 cm³/mol. The highest BCUT2D eigenvalue weighted by Gasteiger charge is 2.32. The maximum absolute atomic E-state index is 4.37. The highest BCUT2D eigenvalue weighted by Crippen LogP contribution is 2.42. The van der Waals surface area contributed by atoms with Crippen LogP contribution in [0.4, 0.5) is 0 Å². The molecule has 1 saturated carbocycles. The van der Waals surface area contributed by atoms with E-state index in [0.29, 0.717) is 5.41 Å². The van der Waals surface area contributed by atoms with Gasteiger partial charge in [-0.05, 0) is 35.3 Å². The van der Waals surface area contributed by atoms with E-state index >= 15 is 0 Å². The maximum Gasteiger partial charge on any atom is 0.0611 e. The third-order valence-electron chi connectivity index (χ3n) is 2.75. The minimum absolute atomic E-state index is 0.328. The van der Waals surface area contributed by atoms with Gasteiger partial charge in [0.15, 0.2) is 0 Å². The molecular weight excluding hydrogens is 146 g/mol. The van der Waals surface area contributed by atoms with Crippen molar-refractivity contribution in [1.29, 1.82) is 0 Å². The minimum atomic E-state index is 0.328. The van der Waals surface area contributed by atoms with Crippen LogP contribution in [-0.2, 0) is 0 Å². The summed E-state index contributed by atoms with van der Waals surface area (Å²) in [5.41, 5.74) is 3.46. The molecule has 0 aromatic heterocycles. The van der Waals surface area contributed by atoms with Gasteiger partial charge in [-0.1, -0.05) is 20.8 Å². The lowest BCUT2D eigenvalue weighted by Crippen LogP contribution is -2.12. The van der Waals surface area contributed by atoms with Crippen molar-refractivity contribution in [1.82, 2.24) is 0 Å². The van der Waals surface area contributed by atoms with Crippen LogP contribution in [0.3, 0.4) is 0 Å². The van der Waals surface area contributed by atoms with Crippen LogP contribution in [0.5, 0.6) is 0 Å². The van der Waals surface area contributed by atoms with Crippen LogP contribution in [-0.4, -0.2) is 12.8 Å². The summed E-state index contributed by atoms with van der Waals surface area (Å²) in [4.78, 5) is 4.37. The first-order chi connectivity index (χ1) is 5.59. The molecule has 1 heteroatoms. The van der Waals surface area contributed by atoms with E-state index in [1.54, 1.807) is 11.1 Å². The molecule has 0 amide bonds. The number of rotatable bonds is 1. The fraction of sp³-hybridized carbons (Fsp3) is 0.727. The first kappa shape index (κ1) is 8.03. The molecule has 0 atom stereocenters. The van der Waals surface area contributed by atoms with Gasteiger partial charge < -0.3 is 0 Å². The molecule has 1 fully saturated rings. The Labute approximate surface area is 74.6 Å². The number of aliphatic imine (C=N–C) groups is 1. The molecule has 0 spiro atoms. The largest absolute Gasteiger partial charge is 0.288 e. The smallest absolute Gasteiger partial charge is 0.0611 e. The molecule has 1 aliphatic heterocycles. The van der Waals surface area contributed by atoms with Crippen molar-refractivity contribution in [2.24, 2.45) is 16.3 Å². The lowest BCUT2D eigenvalue weighted by atomic mass is 9.83. The average molecular weight is 163 g/mol. The molecular formula is C11H17N. The van der Waals surface area contributed by atoms with E-state index in [9.17, 15) is 0 Å². The molecule has 1 heterocycles. The molecule has 12 heavy (non-hydrogen) atoms. The third kappa shape index (κ3) is 1.33. The Morgan fingerprint density at radius 1 is 1.33 bits per heavy atom. The number of hydrogen-bond acceptors (Lipinski definition) is 1. The predicted octanol–water partition coefficient (Wildman–Crippen LogP) is 2.82. The van der Waals surface area contributed by atoms with Gasteiger partial charge in [-0.3, -0.25) is 4.99 Å². The molecule has 0 aromatic carbocycles. The van der Waals surface area contributed by atoms with E-state index in [2.05, 4.69) is 32.0 Å². The van der Waals surface area contributed by atoms with E-state index in [4.69, 9.17) is 0 Å². The minimum Gasteiger partial charge on any atom is -0.288 e. The Kier molecular flexibility index (Phi) is 1.64. The van der Waals surface area contributed by atoms with Gasteiger partial charge in [0, 0.05) is 6.21 Å². The maximum atomic E-state index is 4.37. The standard InChI is InChI=1S/C11H17N/c1-11(2,3)10-7-12-6-9(10)8-4-5-8/h6,8H,4-5,7H2,1-3H3. The average Bonchev–Trinajstić information content (AvgIpc) is 2.65. The zero-order valence-corrected chi connectivity index (χ0v) is 8.22. The van der Waals surface area contributed by atoms with Gasteiger partial charge >= 0.3 is 0 Å². The molecule has 0 aromatic rings. The summed E-state index contributed by atoms with van der Waals surface area (Å²) in [7, 11) is 0. The summed E-state index contributed by atoms with van der Waals surface area (Å²) < 4.78 is 0. The highest BCUT2D eigenvalue weighted by molar-refractivity contribution is 5.84. The fourth-order valence-corrected chi connectivity index (χ4v) is 1.82. The molecule has 2 aliphatic rings.